The van der Waals surface area contributed by atoms with E-state index in [-0.39, 0.29) is 17.9 Å². The maximum atomic E-state index is 13.4. The summed E-state index contributed by atoms with van der Waals surface area (Å²) in [5.41, 5.74) is 1.69. The van der Waals surface area contributed by atoms with E-state index in [9.17, 15) is 14.0 Å². The van der Waals surface area contributed by atoms with Crippen LogP contribution in [0.4, 0.5) is 10.1 Å². The van der Waals surface area contributed by atoms with Gasteiger partial charge in [-0.3, -0.25) is 4.79 Å². The topological polar surface area (TPSA) is 68.5 Å². The van der Waals surface area contributed by atoms with Gasteiger partial charge in [-0.2, -0.15) is 0 Å². The average molecular weight is 327 g/mol. The van der Waals surface area contributed by atoms with E-state index in [4.69, 9.17) is 4.42 Å². The number of anilines is 1. The third-order valence-electron chi connectivity index (χ3n) is 3.57. The van der Waals surface area contributed by atoms with E-state index in [1.54, 1.807) is 24.3 Å². The lowest BCUT2D eigenvalue weighted by Gasteiger charge is -2.09. The highest BCUT2D eigenvalue weighted by atomic mass is 19.1. The molecule has 0 radical (unpaired) electrons. The molecule has 0 aliphatic heterocycles. The number of furan rings is 1. The zero-order chi connectivity index (χ0) is 17.1. The van der Waals surface area contributed by atoms with Crippen LogP contribution in [0.1, 0.15) is 15.9 Å². The number of carbonyl (C=O) groups excluding carboxylic acids is 2. The molecule has 0 fully saturated rings. The number of esters is 1. The van der Waals surface area contributed by atoms with Crippen molar-refractivity contribution >= 4 is 28.5 Å². The number of hydrogen-bond acceptors (Lipinski definition) is 4. The van der Waals surface area contributed by atoms with Gasteiger partial charge >= 0.3 is 5.97 Å². The van der Waals surface area contributed by atoms with Gasteiger partial charge in [0.2, 0.25) is 5.91 Å². The van der Waals surface area contributed by atoms with E-state index in [1.807, 2.05) is 0 Å². The number of hydrogen-bond donors (Lipinski definition) is 1. The van der Waals surface area contributed by atoms with Crippen molar-refractivity contribution in [3.8, 4) is 0 Å². The molecule has 1 amide bonds. The quantitative estimate of drug-likeness (QED) is 0.744. The third kappa shape index (κ3) is 3.12. The van der Waals surface area contributed by atoms with Gasteiger partial charge in [0.05, 0.1) is 31.0 Å². The molecule has 3 aromatic rings. The molecule has 1 N–H and O–H groups in total. The van der Waals surface area contributed by atoms with Crippen molar-refractivity contribution in [2.75, 3.05) is 12.4 Å². The monoisotopic (exact) mass is 327 g/mol. The standard InChI is InChI=1S/C18H14FNO4/c1-23-18(22)13-4-2-3-5-15(13)20-17(21)8-11-10-24-16-7-6-12(19)9-14(11)16/h2-7,9-10H,8H2,1H3,(H,20,21). The van der Waals surface area contributed by atoms with Crippen LogP contribution in [0.3, 0.4) is 0 Å². The molecule has 0 spiro atoms. The van der Waals surface area contributed by atoms with E-state index >= 15 is 0 Å². The molecular weight excluding hydrogens is 313 g/mol. The molecular formula is C18H14FNO4. The van der Waals surface area contributed by atoms with Crippen molar-refractivity contribution in [2.24, 2.45) is 0 Å². The van der Waals surface area contributed by atoms with Crippen LogP contribution in [-0.2, 0) is 16.0 Å². The molecule has 0 saturated carbocycles. The van der Waals surface area contributed by atoms with Gasteiger partial charge in [-0.25, -0.2) is 9.18 Å². The van der Waals surface area contributed by atoms with Crippen molar-refractivity contribution < 1.29 is 23.1 Å². The van der Waals surface area contributed by atoms with Gasteiger partial charge in [-0.15, -0.1) is 0 Å². The predicted molar refractivity (Wildman–Crippen MR) is 86.3 cm³/mol. The molecule has 0 aliphatic carbocycles. The van der Waals surface area contributed by atoms with Crippen molar-refractivity contribution in [1.82, 2.24) is 0 Å². The maximum absolute atomic E-state index is 13.4. The summed E-state index contributed by atoms with van der Waals surface area (Å²) in [5, 5.41) is 3.22. The first-order valence-electron chi connectivity index (χ1n) is 7.21. The summed E-state index contributed by atoms with van der Waals surface area (Å²) in [7, 11) is 1.27. The van der Waals surface area contributed by atoms with Gasteiger partial charge in [-0.05, 0) is 30.3 Å². The molecule has 0 bridgehead atoms. The molecule has 1 aromatic heterocycles. The molecule has 0 saturated heterocycles. The number of amides is 1. The number of nitrogens with one attached hydrogen (secondary N) is 1. The fourth-order valence-corrected chi connectivity index (χ4v) is 2.44. The number of para-hydroxylation sites is 1. The van der Waals surface area contributed by atoms with E-state index in [2.05, 4.69) is 10.1 Å². The first-order valence-corrected chi connectivity index (χ1v) is 7.21. The summed E-state index contributed by atoms with van der Waals surface area (Å²) in [5.74, 6) is -1.29. The van der Waals surface area contributed by atoms with Crippen LogP contribution in [0, 0.1) is 5.82 Å². The normalized spacial score (nSPS) is 10.6. The largest absolute Gasteiger partial charge is 0.465 e. The second kappa shape index (κ2) is 6.54. The van der Waals surface area contributed by atoms with Crippen LogP contribution in [-0.4, -0.2) is 19.0 Å². The summed E-state index contributed by atoms with van der Waals surface area (Å²) in [6.45, 7) is 0. The smallest absolute Gasteiger partial charge is 0.339 e. The second-order valence-electron chi connectivity index (χ2n) is 5.16. The SMILES string of the molecule is COC(=O)c1ccccc1NC(=O)Cc1coc2ccc(F)cc12. The zero-order valence-corrected chi connectivity index (χ0v) is 12.8. The van der Waals surface area contributed by atoms with Crippen LogP contribution >= 0.6 is 0 Å². The molecule has 2 aromatic carbocycles. The Morgan fingerprint density at radius 2 is 2.00 bits per heavy atom. The summed E-state index contributed by atoms with van der Waals surface area (Å²) in [6, 6.07) is 10.7. The molecule has 24 heavy (non-hydrogen) atoms. The highest BCUT2D eigenvalue weighted by Crippen LogP contribution is 2.23. The van der Waals surface area contributed by atoms with Gasteiger partial charge in [0, 0.05) is 10.9 Å². The molecule has 6 heteroatoms. The summed E-state index contributed by atoms with van der Waals surface area (Å²) in [6.07, 6.45) is 1.42. The van der Waals surface area contributed by atoms with E-state index in [0.717, 1.165) is 0 Å². The number of carbonyl (C=O) groups is 2. The van der Waals surface area contributed by atoms with Crippen LogP contribution in [0.5, 0.6) is 0 Å². The van der Waals surface area contributed by atoms with Crippen LogP contribution in [0.15, 0.2) is 53.1 Å². The van der Waals surface area contributed by atoms with Gasteiger partial charge in [0.15, 0.2) is 0 Å². The summed E-state index contributed by atoms with van der Waals surface area (Å²) >= 11 is 0. The lowest BCUT2D eigenvalue weighted by atomic mass is 10.1. The van der Waals surface area contributed by atoms with Gasteiger partial charge in [0.1, 0.15) is 11.4 Å². The van der Waals surface area contributed by atoms with Crippen LogP contribution < -0.4 is 5.32 Å². The Kier molecular flexibility index (Phi) is 4.29. The highest BCUT2D eigenvalue weighted by molar-refractivity contribution is 6.02. The number of halogens is 1. The number of rotatable bonds is 4. The van der Waals surface area contributed by atoms with Crippen molar-refractivity contribution in [2.45, 2.75) is 6.42 Å². The molecule has 122 valence electrons. The van der Waals surface area contributed by atoms with Gasteiger partial charge < -0.3 is 14.5 Å². The zero-order valence-electron chi connectivity index (χ0n) is 12.8. The first-order chi connectivity index (χ1) is 11.6. The Hall–Kier alpha value is -3.15. The van der Waals surface area contributed by atoms with Gasteiger partial charge in [0.25, 0.3) is 0 Å². The first kappa shape index (κ1) is 15.7. The van der Waals surface area contributed by atoms with E-state index in [1.165, 1.54) is 31.6 Å². The number of benzene rings is 2. The Bertz CT molecular complexity index is 916. The summed E-state index contributed by atoms with van der Waals surface area (Å²) in [4.78, 5) is 24.0. The third-order valence-corrected chi connectivity index (χ3v) is 3.57. The molecule has 0 atom stereocenters. The van der Waals surface area contributed by atoms with E-state index < -0.39 is 11.8 Å². The fraction of sp³-hybridized carbons (Fsp3) is 0.111. The average Bonchev–Trinajstić information content (AvgIpc) is 2.96. The Balaban J connectivity index is 1.81. The Morgan fingerprint density at radius 1 is 1.21 bits per heavy atom. The van der Waals surface area contributed by atoms with Crippen molar-refractivity contribution in [3.05, 3.63) is 65.7 Å². The minimum Gasteiger partial charge on any atom is -0.465 e. The minimum atomic E-state index is -0.540. The number of methoxy groups -OCH3 is 1. The lowest BCUT2D eigenvalue weighted by molar-refractivity contribution is -0.115. The van der Waals surface area contributed by atoms with E-state index in [0.29, 0.717) is 22.2 Å². The van der Waals surface area contributed by atoms with Gasteiger partial charge in [-0.1, -0.05) is 12.1 Å². The Labute approximate surface area is 137 Å². The molecule has 1 heterocycles. The molecule has 5 nitrogen and oxygen atoms in total. The summed E-state index contributed by atoms with van der Waals surface area (Å²) < 4.78 is 23.4. The maximum Gasteiger partial charge on any atom is 0.339 e. The number of ether oxygens (including phenoxy) is 1. The molecule has 0 unspecified atom stereocenters. The molecule has 3 rings (SSSR count). The lowest BCUT2D eigenvalue weighted by Crippen LogP contribution is -2.17. The van der Waals surface area contributed by atoms with Crippen LogP contribution in [0.2, 0.25) is 0 Å². The van der Waals surface area contributed by atoms with Crippen molar-refractivity contribution in [3.63, 3.8) is 0 Å². The molecule has 0 aliphatic rings. The number of fused-ring (bicyclic) bond motifs is 1. The second-order valence-corrected chi connectivity index (χ2v) is 5.16. The predicted octanol–water partition coefficient (Wildman–Crippen LogP) is 3.54. The Morgan fingerprint density at radius 3 is 2.79 bits per heavy atom. The van der Waals surface area contributed by atoms with Crippen LogP contribution in [0.25, 0.3) is 11.0 Å². The van der Waals surface area contributed by atoms with Crippen molar-refractivity contribution in [1.29, 1.82) is 0 Å². The highest BCUT2D eigenvalue weighted by Gasteiger charge is 2.15. The minimum absolute atomic E-state index is 0.00798. The fourth-order valence-electron chi connectivity index (χ4n) is 2.44.